The van der Waals surface area contributed by atoms with Crippen molar-refractivity contribution in [1.29, 1.82) is 0 Å². The molecule has 0 N–H and O–H groups in total. The normalized spacial score (nSPS) is 11.5. The minimum absolute atomic E-state index is 0.853. The molecular weight excluding hydrogens is 765 g/mol. The minimum Gasteiger partial charge on any atom is -0.455 e. The lowest BCUT2D eigenvalue weighted by Crippen LogP contribution is -2.10. The lowest BCUT2D eigenvalue weighted by molar-refractivity contribution is 0.670. The lowest BCUT2D eigenvalue weighted by Gasteiger charge is -2.27. The molecule has 63 heavy (non-hydrogen) atoms. The summed E-state index contributed by atoms with van der Waals surface area (Å²) in [6.07, 6.45) is 0. The van der Waals surface area contributed by atoms with Crippen LogP contribution in [0.25, 0.3) is 93.9 Å². The van der Waals surface area contributed by atoms with Crippen molar-refractivity contribution in [2.75, 3.05) is 4.90 Å². The van der Waals surface area contributed by atoms with Gasteiger partial charge in [0.25, 0.3) is 0 Å². The molecule has 3 nitrogen and oxygen atoms in total. The Bertz CT molecular complexity index is 3570. The summed E-state index contributed by atoms with van der Waals surface area (Å²) in [5.74, 6) is 0. The van der Waals surface area contributed by atoms with Gasteiger partial charge in [-0.1, -0.05) is 170 Å². The van der Waals surface area contributed by atoms with Crippen molar-refractivity contribution in [2.45, 2.75) is 0 Å². The van der Waals surface area contributed by atoms with E-state index in [4.69, 9.17) is 4.42 Å². The van der Waals surface area contributed by atoms with Crippen molar-refractivity contribution in [3.63, 3.8) is 0 Å². The Labute approximate surface area is 366 Å². The zero-order valence-electron chi connectivity index (χ0n) is 34.4. The fraction of sp³-hybridized carbons (Fsp3) is 0. The van der Waals surface area contributed by atoms with Crippen LogP contribution in [-0.4, -0.2) is 4.57 Å². The summed E-state index contributed by atoms with van der Waals surface area (Å²) in [7, 11) is 0. The van der Waals surface area contributed by atoms with Crippen LogP contribution in [0.15, 0.2) is 247 Å². The lowest BCUT2D eigenvalue weighted by atomic mass is 9.98. The van der Waals surface area contributed by atoms with Crippen LogP contribution in [0.1, 0.15) is 0 Å². The van der Waals surface area contributed by atoms with Gasteiger partial charge in [0.15, 0.2) is 0 Å². The number of rotatable bonds is 8. The molecule has 0 radical (unpaired) electrons. The predicted molar refractivity (Wildman–Crippen MR) is 264 cm³/mol. The molecule has 10 aromatic carbocycles. The summed E-state index contributed by atoms with van der Waals surface area (Å²) < 4.78 is 9.33. The van der Waals surface area contributed by atoms with Crippen LogP contribution in [0.5, 0.6) is 0 Å². The largest absolute Gasteiger partial charge is 0.455 e. The van der Waals surface area contributed by atoms with Gasteiger partial charge in [-0.15, -0.1) is 0 Å². The fourth-order valence-electron chi connectivity index (χ4n) is 9.43. The maximum atomic E-state index is 6.96. The second-order valence-corrected chi connectivity index (χ2v) is 16.1. The molecule has 12 rings (SSSR count). The second kappa shape index (κ2) is 15.3. The molecule has 0 saturated carbocycles. The first-order valence-electron chi connectivity index (χ1n) is 21.5. The minimum atomic E-state index is 0.853. The zero-order valence-corrected chi connectivity index (χ0v) is 34.4. The number of hydrogen-bond donors (Lipinski definition) is 0. The van der Waals surface area contributed by atoms with Crippen molar-refractivity contribution in [3.05, 3.63) is 243 Å². The van der Waals surface area contributed by atoms with E-state index in [2.05, 4.69) is 252 Å². The quantitative estimate of drug-likeness (QED) is 0.153. The van der Waals surface area contributed by atoms with Gasteiger partial charge in [0.1, 0.15) is 11.2 Å². The zero-order chi connectivity index (χ0) is 41.7. The third kappa shape index (κ3) is 6.38. The monoisotopic (exact) mass is 804 g/mol. The Morgan fingerprint density at radius 1 is 0.333 bits per heavy atom. The first-order valence-corrected chi connectivity index (χ1v) is 21.5. The number of para-hydroxylation sites is 3. The highest BCUT2D eigenvalue weighted by Gasteiger charge is 2.23. The van der Waals surface area contributed by atoms with E-state index in [1.54, 1.807) is 0 Å². The molecule has 0 atom stereocenters. The van der Waals surface area contributed by atoms with Crippen molar-refractivity contribution < 1.29 is 4.42 Å². The fourth-order valence-corrected chi connectivity index (χ4v) is 9.43. The summed E-state index contributed by atoms with van der Waals surface area (Å²) >= 11 is 0. The third-order valence-corrected chi connectivity index (χ3v) is 12.4. The van der Waals surface area contributed by atoms with Crippen LogP contribution in [0.2, 0.25) is 0 Å². The molecule has 0 unspecified atom stereocenters. The number of benzene rings is 10. The summed E-state index contributed by atoms with van der Waals surface area (Å²) in [5, 5.41) is 4.62. The summed E-state index contributed by atoms with van der Waals surface area (Å²) in [4.78, 5) is 2.39. The number of anilines is 3. The number of fused-ring (bicyclic) bond motifs is 6. The van der Waals surface area contributed by atoms with E-state index < -0.39 is 0 Å². The highest BCUT2D eigenvalue weighted by Crippen LogP contribution is 2.47. The van der Waals surface area contributed by atoms with Gasteiger partial charge in [-0.2, -0.15) is 0 Å². The molecular formula is C60H40N2O. The maximum Gasteiger partial charge on any atom is 0.145 e. The summed E-state index contributed by atoms with van der Waals surface area (Å²) in [5.41, 5.74) is 17.5. The summed E-state index contributed by atoms with van der Waals surface area (Å²) in [6.45, 7) is 0. The van der Waals surface area contributed by atoms with Gasteiger partial charge in [-0.25, -0.2) is 0 Å². The molecule has 3 heteroatoms. The molecule has 0 aliphatic carbocycles. The molecule has 296 valence electrons. The SMILES string of the molecule is c1ccc(-c2cccc(-c3ccc(N(c4cccc(-c5ccccc5)c4)c4ccc(-c5cccc(-n6c7ccccc7c7ccccc76)c5)c5oc6ccccc6c45)cc3)c2)cc1. The molecule has 0 bridgehead atoms. The number of aromatic nitrogens is 1. The molecule has 0 aliphatic heterocycles. The molecule has 2 heterocycles. The van der Waals surface area contributed by atoms with Crippen LogP contribution in [0.3, 0.4) is 0 Å². The highest BCUT2D eigenvalue weighted by atomic mass is 16.3. The van der Waals surface area contributed by atoms with Crippen molar-refractivity contribution in [3.8, 4) is 50.2 Å². The van der Waals surface area contributed by atoms with Gasteiger partial charge in [-0.3, -0.25) is 0 Å². The Morgan fingerprint density at radius 2 is 0.857 bits per heavy atom. The highest BCUT2D eigenvalue weighted by molar-refractivity contribution is 6.17. The number of nitrogens with zero attached hydrogens (tertiary/aromatic N) is 2. The van der Waals surface area contributed by atoms with E-state index in [-0.39, 0.29) is 0 Å². The molecule has 0 spiro atoms. The van der Waals surface area contributed by atoms with E-state index in [0.717, 1.165) is 66.9 Å². The maximum absolute atomic E-state index is 6.96. The van der Waals surface area contributed by atoms with Crippen LogP contribution in [0.4, 0.5) is 17.1 Å². The third-order valence-electron chi connectivity index (χ3n) is 12.4. The molecule has 2 aromatic heterocycles. The van der Waals surface area contributed by atoms with Crippen LogP contribution >= 0.6 is 0 Å². The topological polar surface area (TPSA) is 21.3 Å². The van der Waals surface area contributed by atoms with Gasteiger partial charge in [0.2, 0.25) is 0 Å². The molecule has 0 aliphatic rings. The number of hydrogen-bond acceptors (Lipinski definition) is 2. The van der Waals surface area contributed by atoms with E-state index in [9.17, 15) is 0 Å². The second-order valence-electron chi connectivity index (χ2n) is 16.1. The Kier molecular flexibility index (Phi) is 8.83. The first kappa shape index (κ1) is 36.5. The van der Waals surface area contributed by atoms with Gasteiger partial charge >= 0.3 is 0 Å². The van der Waals surface area contributed by atoms with E-state index in [0.29, 0.717) is 0 Å². The van der Waals surface area contributed by atoms with Gasteiger partial charge in [0, 0.05) is 38.8 Å². The molecule has 0 saturated heterocycles. The van der Waals surface area contributed by atoms with E-state index in [1.165, 1.54) is 44.1 Å². The molecule has 0 fully saturated rings. The van der Waals surface area contributed by atoms with E-state index >= 15 is 0 Å². The van der Waals surface area contributed by atoms with Crippen molar-refractivity contribution in [2.24, 2.45) is 0 Å². The standard InChI is InChI=1S/C60H40N2O/c1-3-16-41(17-4-1)44-20-13-21-45(38-44)43-32-34-48(35-33-43)61(49-24-14-22-46(39-49)42-18-5-2-6-19-42)57-37-36-51(60-59(57)54-28-9-12-31-58(54)63-60)47-23-15-25-50(40-47)62-55-29-10-7-26-52(55)53-27-8-11-30-56(53)62/h1-40H. The Morgan fingerprint density at radius 3 is 1.54 bits per heavy atom. The first-order chi connectivity index (χ1) is 31.2. The number of furan rings is 1. The Balaban J connectivity index is 1.04. The van der Waals surface area contributed by atoms with Gasteiger partial charge in [0.05, 0.1) is 22.1 Å². The van der Waals surface area contributed by atoms with Crippen LogP contribution in [0, 0.1) is 0 Å². The molecule has 12 aromatic rings. The van der Waals surface area contributed by atoms with Crippen molar-refractivity contribution in [1.82, 2.24) is 4.57 Å². The smallest absolute Gasteiger partial charge is 0.145 e. The van der Waals surface area contributed by atoms with Gasteiger partial charge in [-0.05, 0) is 112 Å². The average molecular weight is 805 g/mol. The summed E-state index contributed by atoms with van der Waals surface area (Å²) in [6, 6.07) is 87.0. The predicted octanol–water partition coefficient (Wildman–Crippen LogP) is 16.8. The molecule has 0 amide bonds. The van der Waals surface area contributed by atoms with Crippen LogP contribution in [-0.2, 0) is 0 Å². The average Bonchev–Trinajstić information content (AvgIpc) is 3.92. The van der Waals surface area contributed by atoms with E-state index in [1.807, 2.05) is 0 Å². The Hall–Kier alpha value is -8.40. The van der Waals surface area contributed by atoms with Crippen LogP contribution < -0.4 is 4.90 Å². The van der Waals surface area contributed by atoms with Gasteiger partial charge < -0.3 is 13.9 Å². The van der Waals surface area contributed by atoms with Crippen molar-refractivity contribution >= 4 is 60.8 Å².